The Morgan fingerprint density at radius 1 is 1.17 bits per heavy atom. The van der Waals surface area contributed by atoms with Crippen LogP contribution in [0.3, 0.4) is 0 Å². The minimum Gasteiger partial charge on any atom is -0.305 e. The molecule has 1 aromatic heterocycles. The van der Waals surface area contributed by atoms with Crippen molar-refractivity contribution < 1.29 is 9.00 Å². The highest BCUT2D eigenvalue weighted by molar-refractivity contribution is 7.91. The van der Waals surface area contributed by atoms with Crippen molar-refractivity contribution in [1.29, 1.82) is 0 Å². The molecule has 0 aliphatic heterocycles. The molecule has 2 aliphatic rings. The zero-order valence-corrected chi connectivity index (χ0v) is 17.7. The summed E-state index contributed by atoms with van der Waals surface area (Å²) < 4.78 is 16.7. The van der Waals surface area contributed by atoms with E-state index in [1.807, 2.05) is 19.0 Å². The predicted molar refractivity (Wildman–Crippen MR) is 114 cm³/mol. The van der Waals surface area contributed by atoms with E-state index >= 15 is 0 Å². The van der Waals surface area contributed by atoms with E-state index in [2.05, 4.69) is 20.7 Å². The molecule has 2 aliphatic carbocycles. The minimum atomic E-state index is -3.41. The highest BCUT2D eigenvalue weighted by Crippen LogP contribution is 2.38. The molecule has 0 radical (unpaired) electrons. The van der Waals surface area contributed by atoms with E-state index in [1.54, 1.807) is 18.3 Å². The zero-order valence-electron chi connectivity index (χ0n) is 16.9. The Morgan fingerprint density at radius 3 is 2.38 bits per heavy atom. The molecule has 0 saturated carbocycles. The minimum absolute atomic E-state index is 0.110. The number of nitrogens with one attached hydrogen (secondary N) is 1. The van der Waals surface area contributed by atoms with Crippen molar-refractivity contribution in [3.8, 4) is 0 Å². The highest BCUT2D eigenvalue weighted by Gasteiger charge is 2.25. The predicted octanol–water partition coefficient (Wildman–Crippen LogP) is 3.05. The number of fused-ring (bicyclic) bond motifs is 2. The average Bonchev–Trinajstić information content (AvgIpc) is 3.30. The molecule has 0 fully saturated rings. The standard InChI is InChI=1S/C21H27N5O2S/c1-26(2)13-14-9-10-19(23-12-14)29(22,28)25-21(27)24-20-17-7-3-5-15(17)11-16-6-4-8-18(16)20/h9-12H,3-8,13H2,1-2H3,(H3,22,24,25,27,28). The number of aryl methyl sites for hydroxylation is 2. The van der Waals surface area contributed by atoms with Gasteiger partial charge in [-0.2, -0.15) is 0 Å². The van der Waals surface area contributed by atoms with Crippen molar-refractivity contribution in [1.82, 2.24) is 9.88 Å². The van der Waals surface area contributed by atoms with Crippen molar-refractivity contribution in [2.24, 2.45) is 9.50 Å². The number of hydrogen-bond donors (Lipinski definition) is 2. The number of urea groups is 1. The van der Waals surface area contributed by atoms with Crippen LogP contribution in [0.5, 0.6) is 0 Å². The Morgan fingerprint density at radius 2 is 1.83 bits per heavy atom. The maximum absolute atomic E-state index is 12.9. The van der Waals surface area contributed by atoms with Crippen molar-refractivity contribution in [3.05, 3.63) is 52.2 Å². The molecular formula is C21H27N5O2S. The summed E-state index contributed by atoms with van der Waals surface area (Å²) in [6.45, 7) is 0.709. The number of nitrogens with zero attached hydrogens (tertiary/aromatic N) is 3. The van der Waals surface area contributed by atoms with E-state index < -0.39 is 15.9 Å². The van der Waals surface area contributed by atoms with Crippen LogP contribution in [0.15, 0.2) is 33.8 Å². The van der Waals surface area contributed by atoms with E-state index in [0.29, 0.717) is 6.54 Å². The van der Waals surface area contributed by atoms with Gasteiger partial charge in [0.1, 0.15) is 0 Å². The van der Waals surface area contributed by atoms with Crippen molar-refractivity contribution in [3.63, 3.8) is 0 Å². The van der Waals surface area contributed by atoms with Crippen molar-refractivity contribution in [2.75, 3.05) is 19.4 Å². The molecule has 1 aromatic carbocycles. The second-order valence-corrected chi connectivity index (χ2v) is 9.80. The van der Waals surface area contributed by atoms with Gasteiger partial charge in [-0.25, -0.2) is 19.1 Å². The largest absolute Gasteiger partial charge is 0.354 e. The van der Waals surface area contributed by atoms with Crippen molar-refractivity contribution in [2.45, 2.75) is 50.1 Å². The third kappa shape index (κ3) is 4.19. The first kappa shape index (κ1) is 20.0. The monoisotopic (exact) mass is 413 g/mol. The Hall–Kier alpha value is -2.29. The van der Waals surface area contributed by atoms with Crippen LogP contribution < -0.4 is 10.5 Å². The van der Waals surface area contributed by atoms with Crippen LogP contribution in [0, 0.1) is 0 Å². The molecule has 7 nitrogen and oxygen atoms in total. The lowest BCUT2D eigenvalue weighted by atomic mass is 9.99. The topological polar surface area (TPSA) is 101 Å². The zero-order chi connectivity index (χ0) is 20.6. The molecular weight excluding hydrogens is 386 g/mol. The molecule has 29 heavy (non-hydrogen) atoms. The summed E-state index contributed by atoms with van der Waals surface area (Å²) in [6.07, 6.45) is 7.78. The fraction of sp³-hybridized carbons (Fsp3) is 0.429. The SMILES string of the molecule is CN(C)Cc1ccc(S(N)(=O)=NC(=O)Nc2c3c(cc4c2CCC4)CCC3)nc1. The molecule has 2 aromatic rings. The molecule has 0 saturated heterocycles. The molecule has 3 N–H and O–H groups in total. The first-order chi connectivity index (χ1) is 13.8. The molecule has 1 heterocycles. The third-order valence-corrected chi connectivity index (χ3v) is 6.80. The van der Waals surface area contributed by atoms with Crippen LogP contribution >= 0.6 is 0 Å². The van der Waals surface area contributed by atoms with E-state index in [-0.39, 0.29) is 5.03 Å². The number of benzene rings is 1. The Labute approximate surface area is 172 Å². The molecule has 8 heteroatoms. The van der Waals surface area contributed by atoms with Gasteiger partial charge in [0.25, 0.3) is 0 Å². The van der Waals surface area contributed by atoms with Crippen molar-refractivity contribution >= 4 is 21.6 Å². The lowest BCUT2D eigenvalue weighted by Crippen LogP contribution is -2.20. The molecule has 0 bridgehead atoms. The number of carbonyl (C=O) groups is 1. The number of amides is 2. The van der Waals surface area contributed by atoms with Gasteiger partial charge < -0.3 is 10.2 Å². The van der Waals surface area contributed by atoms with Gasteiger partial charge in [0.2, 0.25) is 0 Å². The lowest BCUT2D eigenvalue weighted by molar-refractivity contribution is 0.260. The van der Waals surface area contributed by atoms with Crippen LogP contribution in [0.25, 0.3) is 0 Å². The summed E-state index contributed by atoms with van der Waals surface area (Å²) in [6, 6.07) is 5.00. The number of anilines is 1. The molecule has 2 amide bonds. The molecule has 4 rings (SSSR count). The molecule has 1 atom stereocenters. The van der Waals surface area contributed by atoms with Crippen LogP contribution in [-0.2, 0) is 42.1 Å². The summed E-state index contributed by atoms with van der Waals surface area (Å²) >= 11 is 0. The Balaban J connectivity index is 1.59. The van der Waals surface area contributed by atoms with Gasteiger partial charge in [-0.15, -0.1) is 4.36 Å². The quantitative estimate of drug-likeness (QED) is 0.804. The smallest absolute Gasteiger partial charge is 0.305 e. The van der Waals surface area contributed by atoms with Crippen LogP contribution in [-0.4, -0.2) is 34.2 Å². The van der Waals surface area contributed by atoms with E-state index in [4.69, 9.17) is 5.14 Å². The van der Waals surface area contributed by atoms with E-state index in [9.17, 15) is 9.00 Å². The Kier molecular flexibility index (Phi) is 5.42. The fourth-order valence-corrected chi connectivity index (χ4v) is 5.16. The summed E-state index contributed by atoms with van der Waals surface area (Å²) in [5, 5.41) is 8.91. The Bertz CT molecular complexity index is 1040. The van der Waals surface area contributed by atoms with E-state index in [0.717, 1.165) is 49.8 Å². The second-order valence-electron chi connectivity index (χ2n) is 8.07. The van der Waals surface area contributed by atoms with Gasteiger partial charge in [0.05, 0.1) is 0 Å². The van der Waals surface area contributed by atoms with Gasteiger partial charge in [0.15, 0.2) is 14.9 Å². The normalized spacial score (nSPS) is 17.0. The average molecular weight is 414 g/mol. The first-order valence-corrected chi connectivity index (χ1v) is 11.5. The summed E-state index contributed by atoms with van der Waals surface area (Å²) in [5.74, 6) is 0. The number of rotatable bonds is 4. The van der Waals surface area contributed by atoms with Gasteiger partial charge >= 0.3 is 6.03 Å². The number of carbonyl (C=O) groups excluding carboxylic acids is 1. The van der Waals surface area contributed by atoms with Crippen LogP contribution in [0.4, 0.5) is 10.5 Å². The second kappa shape index (κ2) is 7.85. The summed E-state index contributed by atoms with van der Waals surface area (Å²) in [5.41, 5.74) is 6.85. The highest BCUT2D eigenvalue weighted by atomic mass is 32.2. The molecule has 154 valence electrons. The summed E-state index contributed by atoms with van der Waals surface area (Å²) in [4.78, 5) is 18.8. The van der Waals surface area contributed by atoms with E-state index in [1.165, 1.54) is 22.3 Å². The lowest BCUT2D eigenvalue weighted by Gasteiger charge is -2.15. The fourth-order valence-electron chi connectivity index (χ4n) is 4.31. The van der Waals surface area contributed by atoms with Gasteiger partial charge in [-0.1, -0.05) is 12.1 Å². The van der Waals surface area contributed by atoms with Crippen LogP contribution in [0.1, 0.15) is 40.7 Å². The number of aromatic nitrogens is 1. The molecule has 1 unspecified atom stereocenters. The number of nitrogens with two attached hydrogens (primary N) is 1. The molecule has 0 spiro atoms. The maximum atomic E-state index is 12.9. The maximum Gasteiger partial charge on any atom is 0.354 e. The van der Waals surface area contributed by atoms with Gasteiger partial charge in [-0.05, 0) is 86.5 Å². The van der Waals surface area contributed by atoms with Gasteiger partial charge in [0, 0.05) is 18.4 Å². The first-order valence-electron chi connectivity index (χ1n) is 9.95. The number of pyridine rings is 1. The summed E-state index contributed by atoms with van der Waals surface area (Å²) in [7, 11) is 0.495. The number of hydrogen-bond acceptors (Lipinski definition) is 4. The third-order valence-electron chi connectivity index (χ3n) is 5.52. The van der Waals surface area contributed by atoms with Gasteiger partial charge in [-0.3, -0.25) is 0 Å². The van der Waals surface area contributed by atoms with Crippen LogP contribution in [0.2, 0.25) is 0 Å².